The van der Waals surface area contributed by atoms with Gasteiger partial charge in [0.15, 0.2) is 12.2 Å². The number of benzene rings is 1. The standard InChI is InChI=1S/C18H21N5O9S/c19-16(25)31-13-7-21(8-14(13)32-17(20)26)15(24)12-5-11(33)6-22(12)18(27)30-10-3-1-9(2-4-10)23(28)29/h1-4,11-14,33H,5-8H2,(H2,19,25)(H2,20,26)/t11-,12-,13-,14-/m0/s1. The predicted octanol–water partition coefficient (Wildman–Crippen LogP) is 0.236. The minimum absolute atomic E-state index is 0.0606. The lowest BCUT2D eigenvalue weighted by Crippen LogP contribution is -2.48. The van der Waals surface area contributed by atoms with Crippen molar-refractivity contribution in [3.8, 4) is 5.75 Å². The Kier molecular flexibility index (Phi) is 7.10. The van der Waals surface area contributed by atoms with E-state index in [1.165, 1.54) is 34.1 Å². The van der Waals surface area contributed by atoms with Gasteiger partial charge >= 0.3 is 18.3 Å². The Morgan fingerprint density at radius 3 is 2.03 bits per heavy atom. The van der Waals surface area contributed by atoms with Crippen molar-refractivity contribution in [3.05, 3.63) is 34.4 Å². The number of thiol groups is 1. The summed E-state index contributed by atoms with van der Waals surface area (Å²) in [6.45, 7) is -0.140. The zero-order valence-corrected chi connectivity index (χ0v) is 18.0. The Labute approximate surface area is 192 Å². The summed E-state index contributed by atoms with van der Waals surface area (Å²) < 4.78 is 15.1. The van der Waals surface area contributed by atoms with Gasteiger partial charge in [-0.1, -0.05) is 0 Å². The number of primary amides is 2. The first-order chi connectivity index (χ1) is 15.5. The zero-order valence-electron chi connectivity index (χ0n) is 17.1. The summed E-state index contributed by atoms with van der Waals surface area (Å²) in [7, 11) is 0. The van der Waals surface area contributed by atoms with E-state index >= 15 is 0 Å². The summed E-state index contributed by atoms with van der Waals surface area (Å²) in [6.07, 6.45) is -4.89. The second-order valence-electron chi connectivity index (χ2n) is 7.37. The molecule has 15 heteroatoms. The molecule has 4 atom stereocenters. The van der Waals surface area contributed by atoms with Crippen molar-refractivity contribution in [1.29, 1.82) is 0 Å². The number of carbonyl (C=O) groups is 4. The molecule has 2 fully saturated rings. The van der Waals surface area contributed by atoms with Crippen LogP contribution in [0.4, 0.5) is 20.1 Å². The lowest BCUT2D eigenvalue weighted by Gasteiger charge is -2.27. The van der Waals surface area contributed by atoms with Crippen LogP contribution in [0.2, 0.25) is 0 Å². The molecule has 0 bridgehead atoms. The van der Waals surface area contributed by atoms with Crippen molar-refractivity contribution in [2.24, 2.45) is 11.5 Å². The summed E-state index contributed by atoms with van der Waals surface area (Å²) in [4.78, 5) is 60.8. The SMILES string of the molecule is NC(=O)O[C@H]1CN(C(=O)[C@@H]2C[C@H](S)CN2C(=O)Oc2ccc([N+](=O)[O-])cc2)C[C@@H]1OC(N)=O. The molecule has 33 heavy (non-hydrogen) atoms. The highest BCUT2D eigenvalue weighted by atomic mass is 32.1. The maximum Gasteiger partial charge on any atom is 0.415 e. The molecule has 4 N–H and O–H groups in total. The summed E-state index contributed by atoms with van der Waals surface area (Å²) in [6, 6.07) is 3.94. The first kappa shape index (κ1) is 23.9. The van der Waals surface area contributed by atoms with Crippen LogP contribution in [-0.4, -0.2) is 82.0 Å². The molecule has 0 radical (unpaired) electrons. The fourth-order valence-corrected chi connectivity index (χ4v) is 4.08. The summed E-state index contributed by atoms with van der Waals surface area (Å²) in [5.41, 5.74) is 9.90. The average Bonchev–Trinajstić information content (AvgIpc) is 3.30. The smallest absolute Gasteiger partial charge is 0.415 e. The van der Waals surface area contributed by atoms with E-state index in [1.54, 1.807) is 0 Å². The van der Waals surface area contributed by atoms with Gasteiger partial charge in [-0.2, -0.15) is 12.6 Å². The molecular weight excluding hydrogens is 462 g/mol. The summed E-state index contributed by atoms with van der Waals surface area (Å²) in [5, 5.41) is 10.4. The topological polar surface area (TPSA) is 198 Å². The lowest BCUT2D eigenvalue weighted by atomic mass is 10.2. The van der Waals surface area contributed by atoms with Crippen molar-refractivity contribution in [2.75, 3.05) is 19.6 Å². The number of nitro benzene ring substituents is 1. The minimum Gasteiger partial charge on any atom is -0.440 e. The van der Waals surface area contributed by atoms with Crippen molar-refractivity contribution < 1.29 is 38.3 Å². The Hall–Kier alpha value is -3.75. The third-order valence-electron chi connectivity index (χ3n) is 5.11. The van der Waals surface area contributed by atoms with Crippen LogP contribution >= 0.6 is 12.6 Å². The summed E-state index contributed by atoms with van der Waals surface area (Å²) in [5.74, 6) is -0.439. The molecular formula is C18H21N5O9S. The molecule has 14 nitrogen and oxygen atoms in total. The lowest BCUT2D eigenvalue weighted by molar-refractivity contribution is -0.384. The number of nitro groups is 1. The molecule has 0 saturated carbocycles. The van der Waals surface area contributed by atoms with Crippen LogP contribution in [-0.2, 0) is 14.3 Å². The van der Waals surface area contributed by atoms with Crippen LogP contribution in [0, 0.1) is 10.1 Å². The molecule has 1 aromatic rings. The number of hydrogen-bond donors (Lipinski definition) is 3. The number of ether oxygens (including phenoxy) is 3. The van der Waals surface area contributed by atoms with Crippen molar-refractivity contribution in [3.63, 3.8) is 0 Å². The number of carbonyl (C=O) groups excluding carboxylic acids is 4. The van der Waals surface area contributed by atoms with Gasteiger partial charge in [0.05, 0.1) is 18.0 Å². The second-order valence-corrected chi connectivity index (χ2v) is 8.10. The quantitative estimate of drug-likeness (QED) is 0.298. The van der Waals surface area contributed by atoms with Crippen LogP contribution in [0.15, 0.2) is 24.3 Å². The monoisotopic (exact) mass is 483 g/mol. The summed E-state index contributed by atoms with van der Waals surface area (Å²) >= 11 is 4.36. The maximum absolute atomic E-state index is 13.2. The van der Waals surface area contributed by atoms with E-state index in [-0.39, 0.29) is 42.7 Å². The van der Waals surface area contributed by atoms with Gasteiger partial charge in [-0.3, -0.25) is 19.8 Å². The highest BCUT2D eigenvalue weighted by Gasteiger charge is 2.46. The van der Waals surface area contributed by atoms with Gasteiger partial charge in [0, 0.05) is 23.9 Å². The number of nitrogens with two attached hydrogens (primary N) is 2. The van der Waals surface area contributed by atoms with Crippen LogP contribution in [0.1, 0.15) is 6.42 Å². The van der Waals surface area contributed by atoms with Crippen molar-refractivity contribution in [1.82, 2.24) is 9.80 Å². The Balaban J connectivity index is 1.70. The molecule has 0 aromatic heterocycles. The minimum atomic E-state index is -1.11. The van der Waals surface area contributed by atoms with Crippen LogP contribution in [0.5, 0.6) is 5.75 Å². The molecule has 0 aliphatic carbocycles. The fraction of sp³-hybridized carbons (Fsp3) is 0.444. The van der Waals surface area contributed by atoms with E-state index in [2.05, 4.69) is 12.6 Å². The van der Waals surface area contributed by atoms with Crippen LogP contribution in [0.3, 0.4) is 0 Å². The molecule has 3 rings (SSSR count). The van der Waals surface area contributed by atoms with Gasteiger partial charge < -0.3 is 30.6 Å². The van der Waals surface area contributed by atoms with Gasteiger partial charge in [-0.05, 0) is 18.6 Å². The fourth-order valence-electron chi connectivity index (χ4n) is 3.70. The van der Waals surface area contributed by atoms with Gasteiger partial charge in [0.2, 0.25) is 5.91 Å². The molecule has 2 saturated heterocycles. The molecule has 2 aliphatic heterocycles. The van der Waals surface area contributed by atoms with Crippen LogP contribution in [0.25, 0.3) is 0 Å². The number of likely N-dealkylation sites (tertiary alicyclic amines) is 2. The third kappa shape index (κ3) is 5.74. The second kappa shape index (κ2) is 9.81. The van der Waals surface area contributed by atoms with Gasteiger partial charge in [0.25, 0.3) is 5.69 Å². The Morgan fingerprint density at radius 1 is 1.00 bits per heavy atom. The number of non-ortho nitro benzene ring substituents is 1. The Morgan fingerprint density at radius 2 is 1.55 bits per heavy atom. The van der Waals surface area contributed by atoms with E-state index in [9.17, 15) is 29.3 Å². The molecule has 0 unspecified atom stereocenters. The predicted molar refractivity (Wildman–Crippen MR) is 112 cm³/mol. The van der Waals surface area contributed by atoms with E-state index < -0.39 is 47.4 Å². The first-order valence-corrected chi connectivity index (χ1v) is 10.2. The normalized spacial score (nSPS) is 24.3. The number of amides is 4. The van der Waals surface area contributed by atoms with E-state index in [4.69, 9.17) is 25.7 Å². The van der Waals surface area contributed by atoms with E-state index in [0.29, 0.717) is 0 Å². The molecule has 0 spiro atoms. The number of hydrogen-bond acceptors (Lipinski definition) is 10. The van der Waals surface area contributed by atoms with E-state index in [1.807, 2.05) is 0 Å². The maximum atomic E-state index is 13.2. The molecule has 178 valence electrons. The van der Waals surface area contributed by atoms with Crippen LogP contribution < -0.4 is 16.2 Å². The Bertz CT molecular complexity index is 935. The third-order valence-corrected chi connectivity index (χ3v) is 5.49. The van der Waals surface area contributed by atoms with Crippen molar-refractivity contribution >= 4 is 42.5 Å². The number of nitrogens with zero attached hydrogens (tertiary/aromatic N) is 3. The molecule has 1 aromatic carbocycles. The van der Waals surface area contributed by atoms with Gasteiger partial charge in [-0.15, -0.1) is 0 Å². The average molecular weight is 483 g/mol. The first-order valence-electron chi connectivity index (χ1n) is 9.67. The van der Waals surface area contributed by atoms with E-state index in [0.717, 1.165) is 0 Å². The zero-order chi connectivity index (χ0) is 24.3. The number of rotatable bonds is 5. The molecule has 4 amide bonds. The van der Waals surface area contributed by atoms with Gasteiger partial charge in [0.1, 0.15) is 11.8 Å². The van der Waals surface area contributed by atoms with Crippen molar-refractivity contribution in [2.45, 2.75) is 29.9 Å². The molecule has 2 aliphatic rings. The highest BCUT2D eigenvalue weighted by Crippen LogP contribution is 2.28. The largest absolute Gasteiger partial charge is 0.440 e. The highest BCUT2D eigenvalue weighted by molar-refractivity contribution is 7.81. The molecule has 2 heterocycles. The van der Waals surface area contributed by atoms with Gasteiger partial charge in [-0.25, -0.2) is 14.4 Å².